The number of hydrogen-bond acceptors (Lipinski definition) is 2. The van der Waals surface area contributed by atoms with Gasteiger partial charge in [-0.25, -0.2) is 0 Å². The first-order chi connectivity index (χ1) is 7.40. The van der Waals surface area contributed by atoms with Crippen LogP contribution in [0.4, 0.5) is 0 Å². The summed E-state index contributed by atoms with van der Waals surface area (Å²) in [5, 5.41) is 3.31. The Morgan fingerprint density at radius 3 is 2.56 bits per heavy atom. The Morgan fingerprint density at radius 2 is 2.06 bits per heavy atom. The van der Waals surface area contributed by atoms with E-state index in [4.69, 9.17) is 0 Å². The Kier molecular flexibility index (Phi) is 4.78. The minimum absolute atomic E-state index is 0.0683. The molecule has 1 rings (SSSR count). The van der Waals surface area contributed by atoms with Gasteiger partial charge in [0.05, 0.1) is 6.04 Å². The van der Waals surface area contributed by atoms with Gasteiger partial charge < -0.3 is 10.2 Å². The lowest BCUT2D eigenvalue weighted by Gasteiger charge is -2.29. The number of amides is 1. The Bertz CT molecular complexity index is 227. The number of hydrogen-bond donors (Lipinski definition) is 1. The van der Waals surface area contributed by atoms with Gasteiger partial charge in [0.25, 0.3) is 0 Å². The van der Waals surface area contributed by atoms with Crippen molar-refractivity contribution < 1.29 is 4.79 Å². The first kappa shape index (κ1) is 13.5. The topological polar surface area (TPSA) is 32.3 Å². The van der Waals surface area contributed by atoms with Crippen LogP contribution in [0, 0.1) is 5.41 Å². The molecule has 0 aliphatic carbocycles. The SMILES string of the molecule is CN(CCC(C)(C)C)C(=O)C1CCCCN1. The highest BCUT2D eigenvalue weighted by atomic mass is 16.2. The molecule has 1 heterocycles. The first-order valence-corrected chi connectivity index (χ1v) is 6.38. The summed E-state index contributed by atoms with van der Waals surface area (Å²) in [7, 11) is 1.92. The van der Waals surface area contributed by atoms with Crippen molar-refractivity contribution in [3.8, 4) is 0 Å². The summed E-state index contributed by atoms with van der Waals surface area (Å²) in [4.78, 5) is 14.0. The molecule has 94 valence electrons. The van der Waals surface area contributed by atoms with Crippen molar-refractivity contribution in [2.45, 2.75) is 52.5 Å². The maximum Gasteiger partial charge on any atom is 0.239 e. The van der Waals surface area contributed by atoms with Gasteiger partial charge in [0.1, 0.15) is 0 Å². The quantitative estimate of drug-likeness (QED) is 0.798. The molecule has 0 radical (unpaired) electrons. The number of rotatable bonds is 3. The average Bonchev–Trinajstić information content (AvgIpc) is 2.25. The van der Waals surface area contributed by atoms with E-state index >= 15 is 0 Å². The van der Waals surface area contributed by atoms with Crippen LogP contribution >= 0.6 is 0 Å². The lowest BCUT2D eigenvalue weighted by atomic mass is 9.92. The van der Waals surface area contributed by atoms with Gasteiger partial charge in [-0.3, -0.25) is 4.79 Å². The van der Waals surface area contributed by atoms with Crippen LogP contribution in [0.2, 0.25) is 0 Å². The van der Waals surface area contributed by atoms with Gasteiger partial charge in [0.2, 0.25) is 5.91 Å². The lowest BCUT2D eigenvalue weighted by molar-refractivity contribution is -0.132. The van der Waals surface area contributed by atoms with E-state index < -0.39 is 0 Å². The maximum atomic E-state index is 12.1. The summed E-state index contributed by atoms with van der Waals surface area (Å²) >= 11 is 0. The molecule has 3 nitrogen and oxygen atoms in total. The summed E-state index contributed by atoms with van der Waals surface area (Å²) < 4.78 is 0. The first-order valence-electron chi connectivity index (χ1n) is 6.38. The molecule has 16 heavy (non-hydrogen) atoms. The van der Waals surface area contributed by atoms with Gasteiger partial charge in [-0.1, -0.05) is 27.2 Å². The van der Waals surface area contributed by atoms with Crippen LogP contribution in [0.3, 0.4) is 0 Å². The number of carbonyl (C=O) groups is 1. The van der Waals surface area contributed by atoms with Crippen molar-refractivity contribution in [1.29, 1.82) is 0 Å². The molecule has 0 spiro atoms. The number of nitrogens with one attached hydrogen (secondary N) is 1. The Morgan fingerprint density at radius 1 is 1.38 bits per heavy atom. The van der Waals surface area contributed by atoms with Gasteiger partial charge in [-0.05, 0) is 31.2 Å². The highest BCUT2D eigenvalue weighted by Gasteiger charge is 2.24. The third-order valence-electron chi connectivity index (χ3n) is 3.18. The minimum atomic E-state index is 0.0683. The maximum absolute atomic E-state index is 12.1. The second-order valence-electron chi connectivity index (χ2n) is 6.07. The molecule has 0 saturated carbocycles. The van der Waals surface area contributed by atoms with E-state index in [9.17, 15) is 4.79 Å². The molecule has 1 aliphatic rings. The minimum Gasteiger partial charge on any atom is -0.344 e. The van der Waals surface area contributed by atoms with E-state index in [1.165, 1.54) is 12.8 Å². The van der Waals surface area contributed by atoms with E-state index in [-0.39, 0.29) is 11.9 Å². The number of piperidine rings is 1. The van der Waals surface area contributed by atoms with E-state index in [1.807, 2.05) is 11.9 Å². The second-order valence-corrected chi connectivity index (χ2v) is 6.07. The zero-order valence-electron chi connectivity index (χ0n) is 11.2. The molecule has 1 amide bonds. The Labute approximate surface area is 99.6 Å². The van der Waals surface area contributed by atoms with Crippen molar-refractivity contribution in [2.75, 3.05) is 20.1 Å². The smallest absolute Gasteiger partial charge is 0.239 e. The number of carbonyl (C=O) groups excluding carboxylic acids is 1. The largest absolute Gasteiger partial charge is 0.344 e. The van der Waals surface area contributed by atoms with E-state index in [0.29, 0.717) is 5.41 Å². The molecule has 3 heteroatoms. The highest BCUT2D eigenvalue weighted by Crippen LogP contribution is 2.19. The summed E-state index contributed by atoms with van der Waals surface area (Å²) in [6, 6.07) is 0.0683. The third-order valence-corrected chi connectivity index (χ3v) is 3.18. The molecule has 0 aromatic heterocycles. The van der Waals surface area contributed by atoms with Crippen LogP contribution in [0.5, 0.6) is 0 Å². The molecular weight excluding hydrogens is 200 g/mol. The van der Waals surface area contributed by atoms with Crippen molar-refractivity contribution >= 4 is 5.91 Å². The van der Waals surface area contributed by atoms with Crippen LogP contribution < -0.4 is 5.32 Å². The highest BCUT2D eigenvalue weighted by molar-refractivity contribution is 5.81. The van der Waals surface area contributed by atoms with Crippen molar-refractivity contribution in [3.63, 3.8) is 0 Å². The van der Waals surface area contributed by atoms with Crippen molar-refractivity contribution in [2.24, 2.45) is 5.41 Å². The van der Waals surface area contributed by atoms with Crippen LogP contribution in [-0.4, -0.2) is 37.0 Å². The fraction of sp³-hybridized carbons (Fsp3) is 0.923. The predicted octanol–water partition coefficient (Wildman–Crippen LogP) is 2.02. The summed E-state index contributed by atoms with van der Waals surface area (Å²) in [5.41, 5.74) is 0.300. The van der Waals surface area contributed by atoms with Gasteiger partial charge in [-0.15, -0.1) is 0 Å². The third kappa shape index (κ3) is 4.52. The zero-order valence-corrected chi connectivity index (χ0v) is 11.2. The van der Waals surface area contributed by atoms with Crippen LogP contribution in [0.1, 0.15) is 46.5 Å². The van der Waals surface area contributed by atoms with Crippen molar-refractivity contribution in [1.82, 2.24) is 10.2 Å². The molecule has 1 atom stereocenters. The molecule has 1 aliphatic heterocycles. The molecule has 0 aromatic rings. The molecule has 0 aromatic carbocycles. The molecule has 1 fully saturated rings. The monoisotopic (exact) mass is 226 g/mol. The number of nitrogens with zero attached hydrogens (tertiary/aromatic N) is 1. The van der Waals surface area contributed by atoms with Crippen LogP contribution in [0.25, 0.3) is 0 Å². The van der Waals surface area contributed by atoms with E-state index in [0.717, 1.165) is 25.9 Å². The standard InChI is InChI=1S/C13H26N2O/c1-13(2,3)8-10-15(4)12(16)11-7-5-6-9-14-11/h11,14H,5-10H2,1-4H3. The van der Waals surface area contributed by atoms with E-state index in [1.54, 1.807) is 0 Å². The molecule has 1 N–H and O–H groups in total. The summed E-state index contributed by atoms with van der Waals surface area (Å²) in [5.74, 6) is 0.268. The fourth-order valence-electron chi connectivity index (χ4n) is 1.94. The van der Waals surface area contributed by atoms with E-state index in [2.05, 4.69) is 26.1 Å². The normalized spacial score (nSPS) is 21.9. The average molecular weight is 226 g/mol. The van der Waals surface area contributed by atoms with Gasteiger partial charge in [0, 0.05) is 13.6 Å². The summed E-state index contributed by atoms with van der Waals surface area (Å²) in [6.07, 6.45) is 4.44. The lowest BCUT2D eigenvalue weighted by Crippen LogP contribution is -2.47. The molecule has 1 saturated heterocycles. The molecule has 0 bridgehead atoms. The van der Waals surface area contributed by atoms with Crippen LogP contribution in [0.15, 0.2) is 0 Å². The number of likely N-dealkylation sites (N-methyl/N-ethyl adjacent to an activating group) is 1. The predicted molar refractivity (Wildman–Crippen MR) is 67.4 cm³/mol. The van der Waals surface area contributed by atoms with Crippen LogP contribution in [-0.2, 0) is 4.79 Å². The Balaban J connectivity index is 2.34. The zero-order chi connectivity index (χ0) is 12.2. The molecule has 1 unspecified atom stereocenters. The van der Waals surface area contributed by atoms with Gasteiger partial charge in [-0.2, -0.15) is 0 Å². The summed E-state index contributed by atoms with van der Waals surface area (Å²) in [6.45, 7) is 8.49. The fourth-order valence-corrected chi connectivity index (χ4v) is 1.94. The van der Waals surface area contributed by atoms with Gasteiger partial charge >= 0.3 is 0 Å². The second kappa shape index (κ2) is 5.67. The van der Waals surface area contributed by atoms with Crippen molar-refractivity contribution in [3.05, 3.63) is 0 Å². The molecular formula is C13H26N2O. The Hall–Kier alpha value is -0.570. The van der Waals surface area contributed by atoms with Gasteiger partial charge in [0.15, 0.2) is 0 Å².